The average molecular weight is 194 g/mol. The molecule has 2 fully saturated rings. The van der Waals surface area contributed by atoms with Crippen LogP contribution in [0.1, 0.15) is 26.2 Å². The molecule has 0 atom stereocenters. The minimum atomic E-state index is -0.753. The van der Waals surface area contributed by atoms with Gasteiger partial charge >= 0.3 is 0 Å². The molecule has 1 aliphatic heterocycles. The van der Waals surface area contributed by atoms with Gasteiger partial charge in [0.05, 0.1) is 24.8 Å². The maximum atomic E-state index is 11.8. The molecule has 76 valence electrons. The molecule has 0 aromatic heterocycles. The zero-order valence-corrected chi connectivity index (χ0v) is 8.29. The van der Waals surface area contributed by atoms with Crippen LogP contribution in [0.25, 0.3) is 0 Å². The van der Waals surface area contributed by atoms with Gasteiger partial charge in [0.2, 0.25) is 5.91 Å². The van der Waals surface area contributed by atoms with E-state index in [0.717, 1.165) is 6.42 Å². The van der Waals surface area contributed by atoms with E-state index in [1.54, 1.807) is 11.8 Å². The van der Waals surface area contributed by atoms with Crippen molar-refractivity contribution in [3.05, 3.63) is 0 Å². The van der Waals surface area contributed by atoms with Crippen molar-refractivity contribution in [2.75, 3.05) is 13.1 Å². The first-order chi connectivity index (χ1) is 6.49. The summed E-state index contributed by atoms with van der Waals surface area (Å²) in [6.45, 7) is 2.45. The molecule has 1 saturated heterocycles. The van der Waals surface area contributed by atoms with E-state index in [1.807, 2.05) is 0 Å². The second kappa shape index (κ2) is 2.71. The van der Waals surface area contributed by atoms with E-state index in [0.29, 0.717) is 25.9 Å². The first kappa shape index (κ1) is 9.47. The minimum absolute atomic E-state index is 0.0854. The second-order valence-electron chi connectivity index (χ2n) is 4.71. The van der Waals surface area contributed by atoms with Crippen molar-refractivity contribution in [3.8, 4) is 6.07 Å². The number of hydrogen-bond donors (Lipinski definition) is 1. The Balaban J connectivity index is 2.01. The lowest BCUT2D eigenvalue weighted by atomic mass is 9.68. The Morgan fingerprint density at radius 1 is 1.50 bits per heavy atom. The van der Waals surface area contributed by atoms with Crippen molar-refractivity contribution < 1.29 is 9.90 Å². The minimum Gasteiger partial charge on any atom is -0.386 e. The van der Waals surface area contributed by atoms with Gasteiger partial charge in [-0.1, -0.05) is 0 Å². The Labute approximate surface area is 83.1 Å². The first-order valence-electron chi connectivity index (χ1n) is 4.92. The van der Waals surface area contributed by atoms with E-state index < -0.39 is 11.0 Å². The van der Waals surface area contributed by atoms with Crippen molar-refractivity contribution in [2.45, 2.75) is 31.8 Å². The fourth-order valence-corrected chi connectivity index (χ4v) is 2.13. The zero-order valence-electron chi connectivity index (χ0n) is 8.29. The fraction of sp³-hybridized carbons (Fsp3) is 0.800. The molecule has 1 amide bonds. The van der Waals surface area contributed by atoms with E-state index in [4.69, 9.17) is 5.26 Å². The van der Waals surface area contributed by atoms with Gasteiger partial charge in [-0.2, -0.15) is 5.26 Å². The van der Waals surface area contributed by atoms with Gasteiger partial charge in [-0.3, -0.25) is 4.79 Å². The van der Waals surface area contributed by atoms with Crippen molar-refractivity contribution >= 4 is 5.91 Å². The summed E-state index contributed by atoms with van der Waals surface area (Å²) in [5.74, 6) is -0.0854. The fourth-order valence-electron chi connectivity index (χ4n) is 2.13. The van der Waals surface area contributed by atoms with Gasteiger partial charge in [-0.25, -0.2) is 0 Å². The summed E-state index contributed by atoms with van der Waals surface area (Å²) in [5.41, 5.74) is -1.49. The molecule has 0 aromatic rings. The molecule has 0 spiro atoms. The van der Waals surface area contributed by atoms with Crippen LogP contribution in [-0.4, -0.2) is 34.6 Å². The van der Waals surface area contributed by atoms with E-state index in [1.165, 1.54) is 0 Å². The molecule has 2 aliphatic rings. The Morgan fingerprint density at radius 2 is 2.07 bits per heavy atom. The predicted octanol–water partition coefficient (Wildman–Crippen LogP) is 0.273. The van der Waals surface area contributed by atoms with Crippen molar-refractivity contribution in [2.24, 2.45) is 5.41 Å². The van der Waals surface area contributed by atoms with E-state index in [-0.39, 0.29) is 5.91 Å². The molecular weight excluding hydrogens is 180 g/mol. The van der Waals surface area contributed by atoms with Crippen molar-refractivity contribution in [1.29, 1.82) is 5.26 Å². The Bertz CT molecular complexity index is 305. The summed E-state index contributed by atoms with van der Waals surface area (Å²) in [4.78, 5) is 13.4. The lowest BCUT2D eigenvalue weighted by Gasteiger charge is -2.48. The topological polar surface area (TPSA) is 64.3 Å². The summed E-state index contributed by atoms with van der Waals surface area (Å²) < 4.78 is 0. The van der Waals surface area contributed by atoms with Crippen LogP contribution < -0.4 is 0 Å². The van der Waals surface area contributed by atoms with Crippen LogP contribution in [0.2, 0.25) is 0 Å². The highest BCUT2D eigenvalue weighted by molar-refractivity contribution is 5.87. The molecule has 0 aromatic carbocycles. The number of rotatable bonds is 1. The Morgan fingerprint density at radius 3 is 2.36 bits per heavy atom. The number of likely N-dealkylation sites (tertiary alicyclic amines) is 1. The van der Waals surface area contributed by atoms with Gasteiger partial charge < -0.3 is 10.0 Å². The number of β-amino-alcohol motifs (C(OH)–C–C–N with tert-alkyl or cyclic N) is 1. The predicted molar refractivity (Wildman–Crippen MR) is 49.1 cm³/mol. The maximum absolute atomic E-state index is 11.8. The summed E-state index contributed by atoms with van der Waals surface area (Å²) in [6, 6.07) is 2.12. The van der Waals surface area contributed by atoms with E-state index in [9.17, 15) is 9.90 Å². The largest absolute Gasteiger partial charge is 0.386 e. The second-order valence-corrected chi connectivity index (χ2v) is 4.71. The SMILES string of the molecule is CC1(O)CN(C(=O)C2(C#N)CCC2)C1. The zero-order chi connectivity index (χ0) is 10.4. The number of hydrogen-bond acceptors (Lipinski definition) is 3. The van der Waals surface area contributed by atoms with Gasteiger partial charge in [0.15, 0.2) is 0 Å². The summed E-state index contributed by atoms with van der Waals surface area (Å²) in [7, 11) is 0. The highest BCUT2D eigenvalue weighted by atomic mass is 16.3. The molecule has 0 radical (unpaired) electrons. The number of carbonyl (C=O) groups is 1. The molecule has 1 N–H and O–H groups in total. The summed E-state index contributed by atoms with van der Waals surface area (Å²) >= 11 is 0. The molecule has 1 saturated carbocycles. The molecule has 0 bridgehead atoms. The number of nitrogens with zero attached hydrogens (tertiary/aromatic N) is 2. The molecule has 4 heteroatoms. The summed E-state index contributed by atoms with van der Waals surface area (Å²) in [6.07, 6.45) is 2.32. The van der Waals surface area contributed by atoms with Crippen molar-refractivity contribution in [3.63, 3.8) is 0 Å². The number of nitriles is 1. The van der Waals surface area contributed by atoms with Gasteiger partial charge in [0, 0.05) is 0 Å². The molecule has 4 nitrogen and oxygen atoms in total. The van der Waals surface area contributed by atoms with Crippen LogP contribution >= 0.6 is 0 Å². The quantitative estimate of drug-likeness (QED) is 0.651. The first-order valence-corrected chi connectivity index (χ1v) is 4.92. The lowest BCUT2D eigenvalue weighted by molar-refractivity contribution is -0.163. The van der Waals surface area contributed by atoms with Crippen LogP contribution in [-0.2, 0) is 4.79 Å². The standard InChI is InChI=1S/C10H14N2O2/c1-9(14)6-12(7-9)8(13)10(5-11)3-2-4-10/h14H,2-4,6-7H2,1H3. The van der Waals surface area contributed by atoms with Gasteiger partial charge in [-0.05, 0) is 26.2 Å². The van der Waals surface area contributed by atoms with Gasteiger partial charge in [0.1, 0.15) is 5.41 Å². The number of carbonyl (C=O) groups excluding carboxylic acids is 1. The average Bonchev–Trinajstić information content (AvgIpc) is 1.98. The number of aliphatic hydroxyl groups is 1. The molecule has 14 heavy (non-hydrogen) atoms. The van der Waals surface area contributed by atoms with Crippen LogP contribution in [0.4, 0.5) is 0 Å². The normalized spacial score (nSPS) is 27.1. The van der Waals surface area contributed by atoms with Gasteiger partial charge in [-0.15, -0.1) is 0 Å². The van der Waals surface area contributed by atoms with Crippen LogP contribution in [0.5, 0.6) is 0 Å². The maximum Gasteiger partial charge on any atom is 0.243 e. The molecule has 1 heterocycles. The van der Waals surface area contributed by atoms with Gasteiger partial charge in [0.25, 0.3) is 0 Å². The highest BCUT2D eigenvalue weighted by Crippen LogP contribution is 2.43. The van der Waals surface area contributed by atoms with Crippen LogP contribution in [0, 0.1) is 16.7 Å². The molecule has 1 aliphatic carbocycles. The molecular formula is C10H14N2O2. The highest BCUT2D eigenvalue weighted by Gasteiger charge is 2.51. The monoisotopic (exact) mass is 194 g/mol. The third kappa shape index (κ3) is 1.20. The third-order valence-electron chi connectivity index (χ3n) is 3.18. The number of amides is 1. The van der Waals surface area contributed by atoms with Crippen LogP contribution in [0.15, 0.2) is 0 Å². The molecule has 2 rings (SSSR count). The van der Waals surface area contributed by atoms with E-state index in [2.05, 4.69) is 6.07 Å². The van der Waals surface area contributed by atoms with Crippen molar-refractivity contribution in [1.82, 2.24) is 4.90 Å². The van der Waals surface area contributed by atoms with Crippen LogP contribution in [0.3, 0.4) is 0 Å². The Hall–Kier alpha value is -1.08. The smallest absolute Gasteiger partial charge is 0.243 e. The van der Waals surface area contributed by atoms with E-state index >= 15 is 0 Å². The lowest BCUT2D eigenvalue weighted by Crippen LogP contribution is -2.65. The Kier molecular flexibility index (Phi) is 1.83. The summed E-state index contributed by atoms with van der Waals surface area (Å²) in [5, 5.41) is 18.4. The molecule has 0 unspecified atom stereocenters. The third-order valence-corrected chi connectivity index (χ3v) is 3.18.